The van der Waals surface area contributed by atoms with Gasteiger partial charge in [0.2, 0.25) is 0 Å². The molecule has 2 heterocycles. The minimum Gasteiger partial charge on any atom is -0.358 e. The van der Waals surface area contributed by atoms with Crippen molar-refractivity contribution >= 4 is 16.8 Å². The van der Waals surface area contributed by atoms with E-state index in [1.165, 1.54) is 23.1 Å². The number of hydrogen-bond acceptors (Lipinski definition) is 2. The van der Waals surface area contributed by atoms with E-state index in [2.05, 4.69) is 28.3 Å². The minimum absolute atomic E-state index is 0.0453. The molecule has 0 aliphatic heterocycles. The van der Waals surface area contributed by atoms with Crippen molar-refractivity contribution in [3.63, 3.8) is 0 Å². The van der Waals surface area contributed by atoms with Gasteiger partial charge in [-0.2, -0.15) is 0 Å². The number of amides is 1. The Kier molecular flexibility index (Phi) is 3.81. The summed E-state index contributed by atoms with van der Waals surface area (Å²) in [6, 6.07) is 9.84. The smallest absolute Gasteiger partial charge is 0.253 e. The van der Waals surface area contributed by atoms with E-state index in [0.29, 0.717) is 12.5 Å². The van der Waals surface area contributed by atoms with Crippen LogP contribution in [0.25, 0.3) is 10.9 Å². The number of aromatic amines is 1. The van der Waals surface area contributed by atoms with Crippen LogP contribution in [0.2, 0.25) is 0 Å². The van der Waals surface area contributed by atoms with E-state index in [1.54, 1.807) is 12.4 Å². The lowest BCUT2D eigenvalue weighted by Gasteiger charge is -2.17. The number of fused-ring (bicyclic) bond motifs is 3. The molecule has 4 rings (SSSR count). The lowest BCUT2D eigenvalue weighted by Crippen LogP contribution is -2.23. The summed E-state index contributed by atoms with van der Waals surface area (Å²) in [5, 5.41) is 4.20. The molecule has 2 aromatic heterocycles. The lowest BCUT2D eigenvalue weighted by atomic mass is 9.87. The zero-order valence-corrected chi connectivity index (χ0v) is 13.8. The number of H-pyrrole nitrogens is 1. The van der Waals surface area contributed by atoms with Gasteiger partial charge in [-0.05, 0) is 48.4 Å². The van der Waals surface area contributed by atoms with Crippen molar-refractivity contribution in [2.24, 2.45) is 5.92 Å². The molecule has 1 aliphatic carbocycles. The average molecular weight is 319 g/mol. The van der Waals surface area contributed by atoms with E-state index < -0.39 is 0 Å². The number of carbonyl (C=O) groups excluding carboxylic acids is 1. The number of benzene rings is 1. The number of nitrogens with one attached hydrogen (secondary N) is 2. The monoisotopic (exact) mass is 319 g/mol. The number of para-hydroxylation sites is 1. The summed E-state index contributed by atoms with van der Waals surface area (Å²) >= 11 is 0. The largest absolute Gasteiger partial charge is 0.358 e. The standard InChI is InChI=1S/C20H21N3O/c1-13-7-8-18-17(10-13)15-5-2-6-16(19(15)23-18)20(24)22-12-14-4-3-9-21-11-14/h2-6,9,11,13,23H,7-8,10,12H2,1H3,(H,22,24). The van der Waals surface area contributed by atoms with E-state index in [9.17, 15) is 4.79 Å². The molecule has 0 bridgehead atoms. The maximum absolute atomic E-state index is 12.7. The molecule has 1 aromatic carbocycles. The van der Waals surface area contributed by atoms with Gasteiger partial charge >= 0.3 is 0 Å². The highest BCUT2D eigenvalue weighted by Crippen LogP contribution is 2.32. The maximum Gasteiger partial charge on any atom is 0.253 e. The van der Waals surface area contributed by atoms with Crippen LogP contribution in [-0.2, 0) is 19.4 Å². The van der Waals surface area contributed by atoms with Crippen LogP contribution in [0.1, 0.15) is 40.5 Å². The van der Waals surface area contributed by atoms with Crippen molar-refractivity contribution in [3.8, 4) is 0 Å². The summed E-state index contributed by atoms with van der Waals surface area (Å²) in [6.07, 6.45) is 6.88. The van der Waals surface area contributed by atoms with Crippen LogP contribution in [0.15, 0.2) is 42.7 Å². The van der Waals surface area contributed by atoms with E-state index in [0.717, 1.165) is 29.5 Å². The Morgan fingerprint density at radius 3 is 3.08 bits per heavy atom. The predicted octanol–water partition coefficient (Wildman–Crippen LogP) is 3.62. The Labute approximate surface area is 141 Å². The Hall–Kier alpha value is -2.62. The number of pyridine rings is 1. The first-order chi connectivity index (χ1) is 11.7. The molecule has 122 valence electrons. The molecule has 4 nitrogen and oxygen atoms in total. The van der Waals surface area contributed by atoms with Crippen LogP contribution >= 0.6 is 0 Å². The summed E-state index contributed by atoms with van der Waals surface area (Å²) in [5.74, 6) is 0.663. The maximum atomic E-state index is 12.7. The Bertz CT molecular complexity index is 883. The van der Waals surface area contributed by atoms with Crippen molar-refractivity contribution in [1.29, 1.82) is 0 Å². The van der Waals surface area contributed by atoms with Gasteiger partial charge in [-0.25, -0.2) is 0 Å². The van der Waals surface area contributed by atoms with Gasteiger partial charge in [0.05, 0.1) is 11.1 Å². The highest BCUT2D eigenvalue weighted by atomic mass is 16.1. The van der Waals surface area contributed by atoms with Crippen molar-refractivity contribution < 1.29 is 4.79 Å². The van der Waals surface area contributed by atoms with Crippen LogP contribution in [0.3, 0.4) is 0 Å². The fourth-order valence-corrected chi connectivity index (χ4v) is 3.58. The molecule has 0 radical (unpaired) electrons. The van der Waals surface area contributed by atoms with Crippen molar-refractivity contribution in [3.05, 3.63) is 65.1 Å². The SMILES string of the molecule is CC1CCc2[nH]c3c(C(=O)NCc4cccnc4)cccc3c2C1. The van der Waals surface area contributed by atoms with E-state index in [4.69, 9.17) is 0 Å². The first-order valence-electron chi connectivity index (χ1n) is 8.52. The van der Waals surface area contributed by atoms with Crippen LogP contribution in [0.4, 0.5) is 0 Å². The Morgan fingerprint density at radius 1 is 1.33 bits per heavy atom. The normalized spacial score (nSPS) is 16.8. The third-order valence-electron chi connectivity index (χ3n) is 4.89. The summed E-state index contributed by atoms with van der Waals surface area (Å²) in [7, 11) is 0. The molecule has 1 unspecified atom stereocenters. The molecular weight excluding hydrogens is 298 g/mol. The number of aryl methyl sites for hydroxylation is 1. The number of nitrogens with zero attached hydrogens (tertiary/aromatic N) is 1. The fraction of sp³-hybridized carbons (Fsp3) is 0.300. The van der Waals surface area contributed by atoms with Crippen molar-refractivity contribution in [2.45, 2.75) is 32.7 Å². The molecule has 0 spiro atoms. The third kappa shape index (κ3) is 2.68. The molecule has 1 aliphatic rings. The molecule has 24 heavy (non-hydrogen) atoms. The summed E-state index contributed by atoms with van der Waals surface area (Å²) in [5.41, 5.74) is 5.39. The lowest BCUT2D eigenvalue weighted by molar-refractivity contribution is 0.0952. The first kappa shape index (κ1) is 14.9. The second kappa shape index (κ2) is 6.11. The highest BCUT2D eigenvalue weighted by Gasteiger charge is 2.22. The van der Waals surface area contributed by atoms with Gasteiger partial charge in [-0.1, -0.05) is 25.1 Å². The molecule has 4 heteroatoms. The van der Waals surface area contributed by atoms with Gasteiger partial charge < -0.3 is 10.3 Å². The number of hydrogen-bond donors (Lipinski definition) is 2. The minimum atomic E-state index is -0.0453. The summed E-state index contributed by atoms with van der Waals surface area (Å²) < 4.78 is 0. The van der Waals surface area contributed by atoms with Crippen LogP contribution in [0, 0.1) is 5.92 Å². The molecule has 0 fully saturated rings. The second-order valence-corrected chi connectivity index (χ2v) is 6.70. The Morgan fingerprint density at radius 2 is 2.25 bits per heavy atom. The molecule has 3 aromatic rings. The molecule has 2 N–H and O–H groups in total. The first-order valence-corrected chi connectivity index (χ1v) is 8.52. The number of carbonyl (C=O) groups is 1. The second-order valence-electron chi connectivity index (χ2n) is 6.70. The zero-order valence-electron chi connectivity index (χ0n) is 13.8. The topological polar surface area (TPSA) is 57.8 Å². The van der Waals surface area contributed by atoms with Gasteiger partial charge in [-0.15, -0.1) is 0 Å². The molecular formula is C20H21N3O. The highest BCUT2D eigenvalue weighted by molar-refractivity contribution is 6.06. The summed E-state index contributed by atoms with van der Waals surface area (Å²) in [4.78, 5) is 20.2. The van der Waals surface area contributed by atoms with Crippen LogP contribution in [0.5, 0.6) is 0 Å². The van der Waals surface area contributed by atoms with E-state index >= 15 is 0 Å². The van der Waals surface area contributed by atoms with Crippen LogP contribution in [-0.4, -0.2) is 15.9 Å². The van der Waals surface area contributed by atoms with Gasteiger partial charge in [0, 0.05) is 30.0 Å². The quantitative estimate of drug-likeness (QED) is 0.774. The van der Waals surface area contributed by atoms with E-state index in [1.807, 2.05) is 24.3 Å². The molecule has 1 amide bonds. The van der Waals surface area contributed by atoms with Crippen LogP contribution < -0.4 is 5.32 Å². The predicted molar refractivity (Wildman–Crippen MR) is 94.9 cm³/mol. The number of rotatable bonds is 3. The summed E-state index contributed by atoms with van der Waals surface area (Å²) in [6.45, 7) is 2.78. The third-order valence-corrected chi connectivity index (χ3v) is 4.89. The molecule has 1 atom stereocenters. The molecule has 0 saturated heterocycles. The van der Waals surface area contributed by atoms with Gasteiger partial charge in [-0.3, -0.25) is 9.78 Å². The molecule has 0 saturated carbocycles. The van der Waals surface area contributed by atoms with Crippen molar-refractivity contribution in [1.82, 2.24) is 15.3 Å². The van der Waals surface area contributed by atoms with Gasteiger partial charge in [0.25, 0.3) is 5.91 Å². The van der Waals surface area contributed by atoms with Gasteiger partial charge in [0.1, 0.15) is 0 Å². The Balaban J connectivity index is 1.63. The fourth-order valence-electron chi connectivity index (χ4n) is 3.58. The average Bonchev–Trinajstić information content (AvgIpc) is 2.98. The van der Waals surface area contributed by atoms with Gasteiger partial charge in [0.15, 0.2) is 0 Å². The zero-order chi connectivity index (χ0) is 16.5. The van der Waals surface area contributed by atoms with E-state index in [-0.39, 0.29) is 5.91 Å². The van der Waals surface area contributed by atoms with Crippen molar-refractivity contribution in [2.75, 3.05) is 0 Å². The number of aromatic nitrogens is 2.